The highest BCUT2D eigenvalue weighted by Crippen LogP contribution is 2.57. The molecule has 192 valence electrons. The molecule has 0 aromatic carbocycles. The fourth-order valence-electron chi connectivity index (χ4n) is 5.31. The van der Waals surface area contributed by atoms with Gasteiger partial charge in [0, 0.05) is 29.4 Å². The molecule has 3 heterocycles. The minimum absolute atomic E-state index is 0.132. The summed E-state index contributed by atoms with van der Waals surface area (Å²) in [5.74, 6) is 0.532. The number of imidazole rings is 1. The molecule has 7 rings (SSSR count). The maximum atomic E-state index is 15.1. The summed E-state index contributed by atoms with van der Waals surface area (Å²) >= 11 is 0. The predicted octanol–water partition coefficient (Wildman–Crippen LogP) is 4.00. The number of hydrogen-bond donors (Lipinski definition) is 3. The Hall–Kier alpha value is -3.58. The van der Waals surface area contributed by atoms with Crippen LogP contribution in [-0.4, -0.2) is 61.3 Å². The van der Waals surface area contributed by atoms with Crippen molar-refractivity contribution in [3.8, 4) is 5.88 Å². The summed E-state index contributed by atoms with van der Waals surface area (Å²) in [6, 6.07) is 3.14. The molecule has 4 saturated carbocycles. The summed E-state index contributed by atoms with van der Waals surface area (Å²) in [5, 5.41) is 12.8. The van der Waals surface area contributed by atoms with Crippen LogP contribution < -0.4 is 15.4 Å². The number of H-pyrrole nitrogens is 1. The Morgan fingerprint density at radius 3 is 2.81 bits per heavy atom. The smallest absolute Gasteiger partial charge is 0.422 e. The van der Waals surface area contributed by atoms with E-state index in [1.54, 1.807) is 6.07 Å². The lowest BCUT2D eigenvalue weighted by Crippen LogP contribution is -2.68. The van der Waals surface area contributed by atoms with Crippen LogP contribution in [0.25, 0.3) is 5.65 Å². The third kappa shape index (κ3) is 4.28. The number of nitrogens with one attached hydrogen (secondary N) is 3. The van der Waals surface area contributed by atoms with E-state index >= 15 is 4.39 Å². The van der Waals surface area contributed by atoms with Crippen molar-refractivity contribution in [3.05, 3.63) is 30.2 Å². The Bertz CT molecular complexity index is 1280. The van der Waals surface area contributed by atoms with E-state index in [4.69, 9.17) is 9.47 Å². The van der Waals surface area contributed by atoms with E-state index in [9.17, 15) is 18.0 Å². The molecule has 0 spiro atoms. The number of aromatic amines is 1. The summed E-state index contributed by atoms with van der Waals surface area (Å²) in [5.41, 5.74) is 0.715. The molecule has 0 unspecified atom stereocenters. The zero-order chi connectivity index (χ0) is 25.1. The highest BCUT2D eigenvalue weighted by atomic mass is 19.4. The van der Waals surface area contributed by atoms with Crippen LogP contribution in [0.15, 0.2) is 24.5 Å². The van der Waals surface area contributed by atoms with Crippen molar-refractivity contribution in [1.29, 1.82) is 0 Å². The standard InChI is InChI=1S/C22H23F4N7O3/c23-18-12(1-2-14(18)36-20(34)30-21-6-11(7-21)8-21)13-5-15(32-31-13)28-19-27-4-3-16-29-17(9-33(16)19)35-10-22(24,25)26/h3-5,9,11-12,14,18H,1-2,6-8,10H2,(H,30,34)(H2,27,28,31,32)/t11?,12-,14-,18+,21?/m1/s1. The first-order valence-electron chi connectivity index (χ1n) is 11.7. The van der Waals surface area contributed by atoms with E-state index in [-0.39, 0.29) is 17.4 Å². The van der Waals surface area contributed by atoms with Gasteiger partial charge in [-0.15, -0.1) is 0 Å². The van der Waals surface area contributed by atoms with Gasteiger partial charge in [0.15, 0.2) is 12.4 Å². The van der Waals surface area contributed by atoms with Gasteiger partial charge in [0.1, 0.15) is 17.9 Å². The molecule has 0 saturated heterocycles. The van der Waals surface area contributed by atoms with Gasteiger partial charge in [-0.25, -0.2) is 14.2 Å². The van der Waals surface area contributed by atoms with Crippen molar-refractivity contribution in [2.75, 3.05) is 11.9 Å². The average Bonchev–Trinajstić information content (AvgIpc) is 3.48. The summed E-state index contributed by atoms with van der Waals surface area (Å²) in [6.07, 6.45) is -0.772. The Morgan fingerprint density at radius 2 is 2.08 bits per heavy atom. The SMILES string of the molecule is O=C(NC12CC(C1)C2)O[C@@H]1CC[C@H](c2cc(Nc3nccc4nc(OCC(F)(F)F)cn34)n[nH]2)[C@@H]1F. The number of carbonyl (C=O) groups excluding carboxylic acids is 1. The molecular formula is C22H23F4N7O3. The molecule has 0 radical (unpaired) electrons. The van der Waals surface area contributed by atoms with Crippen molar-refractivity contribution < 1.29 is 31.8 Å². The minimum atomic E-state index is -4.49. The van der Waals surface area contributed by atoms with Gasteiger partial charge >= 0.3 is 12.3 Å². The summed E-state index contributed by atoms with van der Waals surface area (Å²) in [4.78, 5) is 20.4. The Morgan fingerprint density at radius 1 is 1.28 bits per heavy atom. The Kier molecular flexibility index (Phi) is 5.23. The van der Waals surface area contributed by atoms with Crippen LogP contribution >= 0.6 is 0 Å². The lowest BCUT2D eigenvalue weighted by molar-refractivity contribution is -0.154. The second-order valence-corrected chi connectivity index (χ2v) is 9.77. The van der Waals surface area contributed by atoms with Gasteiger partial charge < -0.3 is 20.1 Å². The largest absolute Gasteiger partial charge is 0.467 e. The molecule has 2 bridgehead atoms. The van der Waals surface area contributed by atoms with Gasteiger partial charge in [0.25, 0.3) is 0 Å². The molecule has 36 heavy (non-hydrogen) atoms. The molecule has 4 fully saturated rings. The van der Waals surface area contributed by atoms with Crippen molar-refractivity contribution >= 4 is 23.5 Å². The lowest BCUT2D eigenvalue weighted by atomic mass is 9.50. The first kappa shape index (κ1) is 22.9. The van der Waals surface area contributed by atoms with Crippen LogP contribution in [0.2, 0.25) is 0 Å². The monoisotopic (exact) mass is 509 g/mol. The molecule has 3 aromatic rings. The number of halogens is 4. The Labute approximate surface area is 201 Å². The first-order valence-corrected chi connectivity index (χ1v) is 11.7. The number of rotatable bonds is 7. The van der Waals surface area contributed by atoms with Gasteiger partial charge in [-0.05, 0) is 44.1 Å². The molecule has 3 N–H and O–H groups in total. The van der Waals surface area contributed by atoms with E-state index in [1.807, 2.05) is 0 Å². The van der Waals surface area contributed by atoms with Crippen LogP contribution in [0.4, 0.5) is 34.1 Å². The van der Waals surface area contributed by atoms with Gasteiger partial charge in [-0.1, -0.05) is 0 Å². The summed E-state index contributed by atoms with van der Waals surface area (Å²) in [7, 11) is 0. The lowest BCUT2D eigenvalue weighted by Gasteiger charge is -2.61. The fraction of sp³-hybridized carbons (Fsp3) is 0.545. The average molecular weight is 509 g/mol. The number of ether oxygens (including phenoxy) is 2. The van der Waals surface area contributed by atoms with Crippen LogP contribution in [0.1, 0.15) is 43.7 Å². The number of alkyl carbamates (subject to hydrolysis) is 1. The van der Waals surface area contributed by atoms with Gasteiger partial charge in [0.2, 0.25) is 11.8 Å². The number of hydrogen-bond acceptors (Lipinski definition) is 7. The number of nitrogens with zero attached hydrogens (tertiary/aromatic N) is 4. The molecule has 10 nitrogen and oxygen atoms in total. The number of anilines is 2. The molecule has 0 aliphatic heterocycles. The first-order chi connectivity index (χ1) is 17.2. The van der Waals surface area contributed by atoms with Gasteiger partial charge in [-0.3, -0.25) is 9.50 Å². The van der Waals surface area contributed by atoms with E-state index in [2.05, 4.69) is 30.8 Å². The Balaban J connectivity index is 1.09. The van der Waals surface area contributed by atoms with Crippen molar-refractivity contribution in [2.24, 2.45) is 5.92 Å². The molecule has 3 atom stereocenters. The number of amides is 1. The van der Waals surface area contributed by atoms with Crippen LogP contribution in [0.5, 0.6) is 5.88 Å². The number of carbonyl (C=O) groups is 1. The normalized spacial score (nSPS) is 28.9. The zero-order valence-corrected chi connectivity index (χ0v) is 18.9. The topological polar surface area (TPSA) is 118 Å². The number of fused-ring (bicyclic) bond motifs is 1. The van der Waals surface area contributed by atoms with E-state index in [0.717, 1.165) is 19.3 Å². The van der Waals surface area contributed by atoms with E-state index < -0.39 is 37.1 Å². The fourth-order valence-corrected chi connectivity index (χ4v) is 5.31. The number of aromatic nitrogens is 5. The van der Waals surface area contributed by atoms with E-state index in [0.29, 0.717) is 35.9 Å². The molecule has 4 aliphatic carbocycles. The van der Waals surface area contributed by atoms with Crippen LogP contribution in [0.3, 0.4) is 0 Å². The van der Waals surface area contributed by atoms with Crippen molar-refractivity contribution in [1.82, 2.24) is 29.9 Å². The molecule has 3 aromatic heterocycles. The van der Waals surface area contributed by atoms with E-state index in [1.165, 1.54) is 22.9 Å². The van der Waals surface area contributed by atoms with Gasteiger partial charge in [0.05, 0.1) is 6.20 Å². The highest BCUT2D eigenvalue weighted by Gasteiger charge is 2.58. The second kappa shape index (κ2) is 8.23. The molecular weight excluding hydrogens is 486 g/mol. The predicted molar refractivity (Wildman–Crippen MR) is 117 cm³/mol. The summed E-state index contributed by atoms with van der Waals surface area (Å²) in [6.45, 7) is -1.46. The van der Waals surface area contributed by atoms with Crippen LogP contribution in [-0.2, 0) is 4.74 Å². The van der Waals surface area contributed by atoms with Crippen molar-refractivity contribution in [3.63, 3.8) is 0 Å². The quantitative estimate of drug-likeness (QED) is 0.412. The molecule has 14 heteroatoms. The maximum Gasteiger partial charge on any atom is 0.422 e. The third-order valence-electron chi connectivity index (χ3n) is 7.15. The zero-order valence-electron chi connectivity index (χ0n) is 18.9. The summed E-state index contributed by atoms with van der Waals surface area (Å²) < 4.78 is 64.0. The van der Waals surface area contributed by atoms with Gasteiger partial charge in [-0.2, -0.15) is 23.3 Å². The second-order valence-electron chi connectivity index (χ2n) is 9.77. The number of alkyl halides is 4. The molecule has 1 amide bonds. The van der Waals surface area contributed by atoms with Crippen molar-refractivity contribution in [2.45, 2.75) is 62.0 Å². The minimum Gasteiger partial charge on any atom is -0.467 e. The molecule has 4 aliphatic rings. The maximum absolute atomic E-state index is 15.1. The third-order valence-corrected chi connectivity index (χ3v) is 7.15. The van der Waals surface area contributed by atoms with Crippen LogP contribution in [0, 0.1) is 5.92 Å². The highest BCUT2D eigenvalue weighted by molar-refractivity contribution is 5.69.